The SMILES string of the molecule is COCC(CCO)NS(=O)(=O)c1cn[nH]c1. The molecule has 0 saturated carbocycles. The molecule has 0 aromatic carbocycles. The molecule has 92 valence electrons. The summed E-state index contributed by atoms with van der Waals surface area (Å²) in [5.74, 6) is 0. The Hall–Kier alpha value is -0.960. The third-order valence-electron chi connectivity index (χ3n) is 1.95. The second-order valence-electron chi connectivity index (χ2n) is 3.22. The summed E-state index contributed by atoms with van der Waals surface area (Å²) in [6.07, 6.45) is 2.79. The Morgan fingerprint density at radius 3 is 2.94 bits per heavy atom. The summed E-state index contributed by atoms with van der Waals surface area (Å²) in [6, 6.07) is -0.449. The summed E-state index contributed by atoms with van der Waals surface area (Å²) >= 11 is 0. The maximum absolute atomic E-state index is 11.7. The molecule has 0 bridgehead atoms. The van der Waals surface area contributed by atoms with Gasteiger partial charge in [0, 0.05) is 26.0 Å². The molecule has 0 spiro atoms. The van der Waals surface area contributed by atoms with Crippen molar-refractivity contribution in [2.24, 2.45) is 0 Å². The Balaban J connectivity index is 2.70. The van der Waals surface area contributed by atoms with Gasteiger partial charge in [-0.1, -0.05) is 0 Å². The van der Waals surface area contributed by atoms with E-state index >= 15 is 0 Å². The van der Waals surface area contributed by atoms with Gasteiger partial charge in [0.25, 0.3) is 0 Å². The molecule has 0 aliphatic carbocycles. The minimum absolute atomic E-state index is 0.0616. The van der Waals surface area contributed by atoms with Crippen LogP contribution in [0.3, 0.4) is 0 Å². The molecule has 1 aromatic heterocycles. The average molecular weight is 249 g/mol. The molecule has 1 aromatic rings. The van der Waals surface area contributed by atoms with Gasteiger partial charge >= 0.3 is 0 Å². The van der Waals surface area contributed by atoms with Crippen LogP contribution < -0.4 is 4.72 Å². The summed E-state index contributed by atoms with van der Waals surface area (Å²) in [7, 11) is -2.13. The van der Waals surface area contributed by atoms with Crippen LogP contribution in [0, 0.1) is 0 Å². The van der Waals surface area contributed by atoms with E-state index in [1.165, 1.54) is 19.5 Å². The van der Waals surface area contributed by atoms with Crippen molar-refractivity contribution in [3.8, 4) is 0 Å². The number of rotatable bonds is 7. The number of methoxy groups -OCH3 is 1. The zero-order valence-corrected chi connectivity index (χ0v) is 9.70. The molecule has 0 fully saturated rings. The fraction of sp³-hybridized carbons (Fsp3) is 0.625. The Bertz CT molecular complexity index is 383. The molecule has 1 atom stereocenters. The second-order valence-corrected chi connectivity index (χ2v) is 4.93. The molecule has 0 amide bonds. The van der Waals surface area contributed by atoms with Crippen molar-refractivity contribution in [3.63, 3.8) is 0 Å². The summed E-state index contributed by atoms with van der Waals surface area (Å²) in [5, 5.41) is 14.8. The molecule has 7 nitrogen and oxygen atoms in total. The number of ether oxygens (including phenoxy) is 1. The van der Waals surface area contributed by atoms with Crippen LogP contribution in [0.25, 0.3) is 0 Å². The fourth-order valence-corrected chi connectivity index (χ4v) is 2.37. The second kappa shape index (κ2) is 5.94. The molecule has 3 N–H and O–H groups in total. The van der Waals surface area contributed by atoms with Crippen LogP contribution >= 0.6 is 0 Å². The number of H-pyrrole nitrogens is 1. The lowest BCUT2D eigenvalue weighted by atomic mass is 10.2. The largest absolute Gasteiger partial charge is 0.396 e. The van der Waals surface area contributed by atoms with E-state index in [0.29, 0.717) is 6.42 Å². The molecular weight excluding hydrogens is 234 g/mol. The molecular formula is C8H15N3O4S. The highest BCUT2D eigenvalue weighted by atomic mass is 32.2. The van der Waals surface area contributed by atoms with Gasteiger partial charge in [0.15, 0.2) is 0 Å². The molecule has 1 unspecified atom stereocenters. The maximum atomic E-state index is 11.7. The van der Waals surface area contributed by atoms with Crippen LogP contribution in [0.2, 0.25) is 0 Å². The lowest BCUT2D eigenvalue weighted by Gasteiger charge is -2.15. The van der Waals surface area contributed by atoms with Crippen LogP contribution in [-0.2, 0) is 14.8 Å². The zero-order chi connectivity index (χ0) is 12.0. The minimum atomic E-state index is -3.60. The summed E-state index contributed by atoms with van der Waals surface area (Å²) in [4.78, 5) is 0.0616. The van der Waals surface area contributed by atoms with Crippen molar-refractivity contribution < 1.29 is 18.3 Å². The van der Waals surface area contributed by atoms with Gasteiger partial charge in [0.05, 0.1) is 12.8 Å². The summed E-state index contributed by atoms with van der Waals surface area (Å²) < 4.78 is 30.8. The zero-order valence-electron chi connectivity index (χ0n) is 8.88. The normalized spacial score (nSPS) is 13.9. The Labute approximate surface area is 93.9 Å². The number of aliphatic hydroxyl groups excluding tert-OH is 1. The number of nitrogens with zero attached hydrogens (tertiary/aromatic N) is 1. The van der Waals surface area contributed by atoms with Crippen molar-refractivity contribution in [2.45, 2.75) is 17.4 Å². The Morgan fingerprint density at radius 1 is 1.69 bits per heavy atom. The lowest BCUT2D eigenvalue weighted by Crippen LogP contribution is -2.38. The molecule has 0 saturated heterocycles. The number of nitrogens with one attached hydrogen (secondary N) is 2. The molecule has 1 heterocycles. The topological polar surface area (TPSA) is 104 Å². The lowest BCUT2D eigenvalue weighted by molar-refractivity contribution is 0.158. The maximum Gasteiger partial charge on any atom is 0.244 e. The predicted molar refractivity (Wildman–Crippen MR) is 56.3 cm³/mol. The van der Waals surface area contributed by atoms with Crippen molar-refractivity contribution in [1.29, 1.82) is 0 Å². The number of hydrogen-bond donors (Lipinski definition) is 3. The van der Waals surface area contributed by atoms with Crippen LogP contribution in [-0.4, -0.2) is 50.1 Å². The van der Waals surface area contributed by atoms with Crippen LogP contribution in [0.1, 0.15) is 6.42 Å². The number of aromatic nitrogens is 2. The van der Waals surface area contributed by atoms with E-state index in [4.69, 9.17) is 9.84 Å². The van der Waals surface area contributed by atoms with Gasteiger partial charge in [0.2, 0.25) is 10.0 Å². The van der Waals surface area contributed by atoms with Gasteiger partial charge in [-0.15, -0.1) is 0 Å². The third-order valence-corrected chi connectivity index (χ3v) is 3.44. The summed E-state index contributed by atoms with van der Waals surface area (Å²) in [6.45, 7) is 0.0968. The van der Waals surface area contributed by atoms with E-state index in [1.54, 1.807) is 0 Å². The van der Waals surface area contributed by atoms with Gasteiger partial charge in [-0.05, 0) is 6.42 Å². The Kier molecular flexibility index (Phi) is 4.87. The molecule has 8 heteroatoms. The molecule has 1 rings (SSSR count). The van der Waals surface area contributed by atoms with E-state index in [0.717, 1.165) is 0 Å². The van der Waals surface area contributed by atoms with Crippen molar-refractivity contribution in [1.82, 2.24) is 14.9 Å². The molecule has 16 heavy (non-hydrogen) atoms. The highest BCUT2D eigenvalue weighted by molar-refractivity contribution is 7.89. The smallest absolute Gasteiger partial charge is 0.244 e. The Morgan fingerprint density at radius 2 is 2.44 bits per heavy atom. The first-order chi connectivity index (χ1) is 7.60. The van der Waals surface area contributed by atoms with Crippen molar-refractivity contribution in [3.05, 3.63) is 12.4 Å². The van der Waals surface area contributed by atoms with Gasteiger partial charge < -0.3 is 9.84 Å². The van der Waals surface area contributed by atoms with E-state index < -0.39 is 16.1 Å². The quantitative estimate of drug-likeness (QED) is 0.580. The number of aromatic amines is 1. The summed E-state index contributed by atoms with van der Waals surface area (Å²) in [5.41, 5.74) is 0. The minimum Gasteiger partial charge on any atom is -0.396 e. The van der Waals surface area contributed by atoms with E-state index in [1.807, 2.05) is 0 Å². The van der Waals surface area contributed by atoms with Crippen LogP contribution in [0.5, 0.6) is 0 Å². The van der Waals surface area contributed by atoms with Gasteiger partial charge in [-0.3, -0.25) is 5.10 Å². The van der Waals surface area contributed by atoms with Crippen LogP contribution in [0.4, 0.5) is 0 Å². The monoisotopic (exact) mass is 249 g/mol. The number of sulfonamides is 1. The van der Waals surface area contributed by atoms with Crippen molar-refractivity contribution in [2.75, 3.05) is 20.3 Å². The third kappa shape index (κ3) is 3.56. The standard InChI is InChI=1S/C8H15N3O4S/c1-15-6-7(2-3-12)11-16(13,14)8-4-9-10-5-8/h4-5,7,11-12H,2-3,6H2,1H3,(H,9,10). The first-order valence-electron chi connectivity index (χ1n) is 4.71. The van der Waals surface area contributed by atoms with E-state index in [-0.39, 0.29) is 18.1 Å². The molecule has 0 radical (unpaired) electrons. The van der Waals surface area contributed by atoms with E-state index in [9.17, 15) is 8.42 Å². The van der Waals surface area contributed by atoms with E-state index in [2.05, 4.69) is 14.9 Å². The fourth-order valence-electron chi connectivity index (χ4n) is 1.21. The molecule has 0 aliphatic rings. The number of aliphatic hydroxyl groups is 1. The molecule has 0 aliphatic heterocycles. The van der Waals surface area contributed by atoms with Gasteiger partial charge in [-0.25, -0.2) is 13.1 Å². The van der Waals surface area contributed by atoms with Gasteiger partial charge in [0.1, 0.15) is 4.90 Å². The van der Waals surface area contributed by atoms with Crippen LogP contribution in [0.15, 0.2) is 17.3 Å². The van der Waals surface area contributed by atoms with Gasteiger partial charge in [-0.2, -0.15) is 5.10 Å². The number of hydrogen-bond acceptors (Lipinski definition) is 5. The van der Waals surface area contributed by atoms with Crippen molar-refractivity contribution >= 4 is 10.0 Å². The predicted octanol–water partition coefficient (Wildman–Crippen LogP) is -0.915. The average Bonchev–Trinajstić information content (AvgIpc) is 2.71. The first kappa shape index (κ1) is 13.1. The highest BCUT2D eigenvalue weighted by Crippen LogP contribution is 2.06. The highest BCUT2D eigenvalue weighted by Gasteiger charge is 2.20. The first-order valence-corrected chi connectivity index (χ1v) is 6.19.